The molecule has 0 saturated heterocycles. The summed E-state index contributed by atoms with van der Waals surface area (Å²) in [6, 6.07) is 9.02. The van der Waals surface area contributed by atoms with Crippen LogP contribution < -0.4 is 10.0 Å². The van der Waals surface area contributed by atoms with Crippen molar-refractivity contribution in [3.05, 3.63) is 48.3 Å². The molecule has 1 amide bonds. The van der Waals surface area contributed by atoms with Gasteiger partial charge in [0.1, 0.15) is 4.90 Å². The van der Waals surface area contributed by atoms with Crippen LogP contribution in [0, 0.1) is 12.8 Å². The van der Waals surface area contributed by atoms with E-state index < -0.39 is 16.1 Å². The second-order valence-electron chi connectivity index (χ2n) is 6.29. The zero-order chi connectivity index (χ0) is 19.2. The van der Waals surface area contributed by atoms with E-state index in [0.29, 0.717) is 18.0 Å². The van der Waals surface area contributed by atoms with E-state index >= 15 is 0 Å². The first-order chi connectivity index (χ1) is 12.3. The molecule has 140 valence electrons. The minimum atomic E-state index is -4.12. The number of hydrogen-bond acceptors (Lipinski definition) is 6. The minimum absolute atomic E-state index is 0.137. The molecule has 7 nitrogen and oxygen atoms in total. The van der Waals surface area contributed by atoms with Gasteiger partial charge in [-0.05, 0) is 43.0 Å². The Morgan fingerprint density at radius 2 is 2.04 bits per heavy atom. The second-order valence-corrected chi connectivity index (χ2v) is 7.94. The van der Waals surface area contributed by atoms with Gasteiger partial charge in [-0.2, -0.15) is 0 Å². The third-order valence-electron chi connectivity index (χ3n) is 3.52. The van der Waals surface area contributed by atoms with Gasteiger partial charge >= 0.3 is 6.09 Å². The number of anilines is 2. The lowest BCUT2D eigenvalue weighted by atomic mass is 10.1. The quantitative estimate of drug-likeness (QED) is 0.765. The van der Waals surface area contributed by atoms with Crippen LogP contribution in [0.4, 0.5) is 16.2 Å². The van der Waals surface area contributed by atoms with E-state index in [1.54, 1.807) is 0 Å². The van der Waals surface area contributed by atoms with Crippen molar-refractivity contribution in [3.63, 3.8) is 0 Å². The Hall–Kier alpha value is -2.61. The van der Waals surface area contributed by atoms with Gasteiger partial charge in [0.05, 0.1) is 12.3 Å². The van der Waals surface area contributed by atoms with Crippen LogP contribution in [-0.4, -0.2) is 26.1 Å². The lowest BCUT2D eigenvalue weighted by Gasteiger charge is -2.13. The third-order valence-corrected chi connectivity index (χ3v) is 4.86. The fraction of sp³-hybridized carbons (Fsp3) is 0.333. The lowest BCUT2D eigenvalue weighted by Crippen LogP contribution is -2.32. The molecule has 0 radical (unpaired) electrons. The number of nitrogens with zero attached hydrogens (tertiary/aromatic N) is 1. The number of hydrogen-bond donors (Lipinski definition) is 2. The van der Waals surface area contributed by atoms with Crippen LogP contribution in [0.25, 0.3) is 0 Å². The molecule has 26 heavy (non-hydrogen) atoms. The van der Waals surface area contributed by atoms with Gasteiger partial charge in [-0.1, -0.05) is 26.0 Å². The molecule has 8 heteroatoms. The molecule has 0 fully saturated rings. The van der Waals surface area contributed by atoms with Crippen LogP contribution in [0.1, 0.15) is 25.8 Å². The first-order valence-electron chi connectivity index (χ1n) is 8.25. The summed E-state index contributed by atoms with van der Waals surface area (Å²) in [4.78, 5) is 15.5. The van der Waals surface area contributed by atoms with E-state index in [0.717, 1.165) is 11.3 Å². The molecule has 0 spiro atoms. The standard InChI is InChI=1S/C18H23N3O4S/c1-13(2)8-10-25-18(22)21-26(23,24)17-12-19-9-7-16(17)20-15-6-4-5-14(3)11-15/h4-7,9,11-13H,8,10H2,1-3H3,(H,19,20)(H,21,22). The number of aromatic nitrogens is 1. The number of aryl methyl sites for hydroxylation is 1. The van der Waals surface area contributed by atoms with Crippen molar-refractivity contribution in [1.29, 1.82) is 0 Å². The van der Waals surface area contributed by atoms with E-state index in [2.05, 4.69) is 10.3 Å². The first kappa shape index (κ1) is 19.7. The highest BCUT2D eigenvalue weighted by Crippen LogP contribution is 2.24. The van der Waals surface area contributed by atoms with Gasteiger partial charge in [0.2, 0.25) is 0 Å². The molecule has 0 aliphatic heterocycles. The Morgan fingerprint density at radius 1 is 1.27 bits per heavy atom. The SMILES string of the molecule is Cc1cccc(Nc2ccncc2S(=O)(=O)NC(=O)OCCC(C)C)c1. The number of pyridine rings is 1. The number of amides is 1. The number of rotatable bonds is 7. The molecule has 0 atom stereocenters. The van der Waals surface area contributed by atoms with Gasteiger partial charge < -0.3 is 10.1 Å². The summed E-state index contributed by atoms with van der Waals surface area (Å²) in [5.41, 5.74) is 2.07. The Kier molecular flexibility index (Phi) is 6.57. The summed E-state index contributed by atoms with van der Waals surface area (Å²) in [6.07, 6.45) is 2.30. The zero-order valence-electron chi connectivity index (χ0n) is 15.0. The molecule has 0 bridgehead atoms. The maximum absolute atomic E-state index is 12.5. The molecule has 0 saturated carbocycles. The first-order valence-corrected chi connectivity index (χ1v) is 9.73. The maximum Gasteiger partial charge on any atom is 0.421 e. The van der Waals surface area contributed by atoms with Gasteiger partial charge in [0, 0.05) is 18.1 Å². The van der Waals surface area contributed by atoms with Gasteiger partial charge in [0.25, 0.3) is 10.0 Å². The van der Waals surface area contributed by atoms with Crippen molar-refractivity contribution >= 4 is 27.5 Å². The molecule has 2 rings (SSSR count). The molecular weight excluding hydrogens is 354 g/mol. The van der Waals surface area contributed by atoms with E-state index in [1.807, 2.05) is 49.8 Å². The molecule has 1 aromatic heterocycles. The van der Waals surface area contributed by atoms with Crippen molar-refractivity contribution in [3.8, 4) is 0 Å². The van der Waals surface area contributed by atoms with Crippen molar-refractivity contribution in [2.45, 2.75) is 32.1 Å². The van der Waals surface area contributed by atoms with Gasteiger partial charge in [-0.25, -0.2) is 17.9 Å². The van der Waals surface area contributed by atoms with E-state index in [9.17, 15) is 13.2 Å². The van der Waals surface area contributed by atoms with Crippen molar-refractivity contribution in [1.82, 2.24) is 9.71 Å². The van der Waals surface area contributed by atoms with Crippen LogP contribution >= 0.6 is 0 Å². The lowest BCUT2D eigenvalue weighted by molar-refractivity contribution is 0.146. The van der Waals surface area contributed by atoms with Crippen LogP contribution in [0.3, 0.4) is 0 Å². The highest BCUT2D eigenvalue weighted by Gasteiger charge is 2.22. The summed E-state index contributed by atoms with van der Waals surface area (Å²) >= 11 is 0. The molecule has 0 aliphatic carbocycles. The highest BCUT2D eigenvalue weighted by atomic mass is 32.2. The Morgan fingerprint density at radius 3 is 2.73 bits per heavy atom. The Labute approximate surface area is 153 Å². The molecule has 0 unspecified atom stereocenters. The molecule has 1 heterocycles. The zero-order valence-corrected chi connectivity index (χ0v) is 15.8. The average molecular weight is 377 g/mol. The van der Waals surface area contributed by atoms with Crippen LogP contribution in [-0.2, 0) is 14.8 Å². The molecule has 0 aliphatic rings. The number of benzene rings is 1. The second kappa shape index (κ2) is 8.66. The number of ether oxygens (including phenoxy) is 1. The maximum atomic E-state index is 12.5. The third kappa shape index (κ3) is 5.73. The summed E-state index contributed by atoms with van der Waals surface area (Å²) in [5.74, 6) is 0.350. The largest absolute Gasteiger partial charge is 0.449 e. The van der Waals surface area contributed by atoms with Crippen molar-refractivity contribution in [2.75, 3.05) is 11.9 Å². The average Bonchev–Trinajstić information content (AvgIpc) is 2.54. The van der Waals surface area contributed by atoms with Crippen LogP contribution in [0.15, 0.2) is 47.6 Å². The number of sulfonamides is 1. The van der Waals surface area contributed by atoms with Gasteiger partial charge in [0.15, 0.2) is 0 Å². The van der Waals surface area contributed by atoms with Crippen molar-refractivity contribution < 1.29 is 17.9 Å². The molecule has 2 N–H and O–H groups in total. The normalized spacial score (nSPS) is 11.2. The summed E-state index contributed by atoms with van der Waals surface area (Å²) in [5, 5.41) is 3.04. The predicted molar refractivity (Wildman–Crippen MR) is 99.8 cm³/mol. The number of nitrogens with one attached hydrogen (secondary N) is 2. The Balaban J connectivity index is 2.15. The Bertz CT molecular complexity index is 866. The fourth-order valence-electron chi connectivity index (χ4n) is 2.16. The van der Waals surface area contributed by atoms with Crippen molar-refractivity contribution in [2.24, 2.45) is 5.92 Å². The molecular formula is C18H23N3O4S. The topological polar surface area (TPSA) is 97.4 Å². The summed E-state index contributed by atoms with van der Waals surface area (Å²) in [6.45, 7) is 6.05. The monoisotopic (exact) mass is 377 g/mol. The van der Waals surface area contributed by atoms with Crippen LogP contribution in [0.2, 0.25) is 0 Å². The number of carbonyl (C=O) groups is 1. The highest BCUT2D eigenvalue weighted by molar-refractivity contribution is 7.90. The van der Waals surface area contributed by atoms with Gasteiger partial charge in [-0.15, -0.1) is 0 Å². The van der Waals surface area contributed by atoms with E-state index in [4.69, 9.17) is 4.74 Å². The van der Waals surface area contributed by atoms with Crippen LogP contribution in [0.5, 0.6) is 0 Å². The summed E-state index contributed by atoms with van der Waals surface area (Å²) < 4.78 is 31.9. The number of carbonyl (C=O) groups excluding carboxylic acids is 1. The molecule has 2 aromatic rings. The summed E-state index contributed by atoms with van der Waals surface area (Å²) in [7, 11) is -4.12. The van der Waals surface area contributed by atoms with Gasteiger partial charge in [-0.3, -0.25) is 4.98 Å². The smallest absolute Gasteiger partial charge is 0.421 e. The van der Waals surface area contributed by atoms with E-state index in [1.165, 1.54) is 18.5 Å². The predicted octanol–water partition coefficient (Wildman–Crippen LogP) is 3.59. The fourth-order valence-corrected chi connectivity index (χ4v) is 3.15. The van der Waals surface area contributed by atoms with E-state index in [-0.39, 0.29) is 11.5 Å². The molecule has 1 aromatic carbocycles. The minimum Gasteiger partial charge on any atom is -0.449 e.